The fourth-order valence-corrected chi connectivity index (χ4v) is 4.10. The average Bonchev–Trinajstić information content (AvgIpc) is 2.82. The van der Waals surface area contributed by atoms with Crippen molar-refractivity contribution in [3.63, 3.8) is 0 Å². The molecule has 0 saturated carbocycles. The Bertz CT molecular complexity index is 477. The molecule has 0 spiro atoms. The predicted molar refractivity (Wildman–Crippen MR) is 92.9 cm³/mol. The summed E-state index contributed by atoms with van der Waals surface area (Å²) < 4.78 is 1.18. The lowest BCUT2D eigenvalue weighted by Gasteiger charge is -2.29. The van der Waals surface area contributed by atoms with Crippen LogP contribution in [-0.2, 0) is 6.54 Å². The van der Waals surface area contributed by atoms with Gasteiger partial charge < -0.3 is 10.2 Å². The minimum Gasteiger partial charge on any atom is -0.370 e. The van der Waals surface area contributed by atoms with Gasteiger partial charge in [-0.15, -0.1) is 0 Å². The maximum Gasteiger partial charge on any atom is 0.0413 e. The highest BCUT2D eigenvalue weighted by Crippen LogP contribution is 2.29. The molecule has 0 bridgehead atoms. The van der Waals surface area contributed by atoms with E-state index in [9.17, 15) is 0 Å². The normalized spacial score (nSPS) is 23.1. The van der Waals surface area contributed by atoms with Crippen molar-refractivity contribution >= 4 is 21.6 Å². The Balaban J connectivity index is 1.81. The monoisotopic (exact) mass is 351 g/mol. The molecular weight excluding hydrogens is 326 g/mol. The smallest absolute Gasteiger partial charge is 0.0413 e. The summed E-state index contributed by atoms with van der Waals surface area (Å²) in [5.74, 6) is 0. The molecule has 3 nitrogen and oxygen atoms in total. The fraction of sp³-hybridized carbons (Fsp3) is 0.647. The zero-order chi connectivity index (χ0) is 14.7. The number of fused-ring (bicyclic) bond motifs is 1. The third-order valence-electron chi connectivity index (χ3n) is 4.75. The van der Waals surface area contributed by atoms with Crippen LogP contribution in [-0.4, -0.2) is 43.7 Å². The van der Waals surface area contributed by atoms with Crippen LogP contribution in [0.2, 0.25) is 0 Å². The number of hydrogen-bond acceptors (Lipinski definition) is 3. The molecular formula is C17H26BrN3. The summed E-state index contributed by atoms with van der Waals surface area (Å²) in [6, 6.07) is 7.52. The Hall–Kier alpha value is -0.580. The van der Waals surface area contributed by atoms with Crippen molar-refractivity contribution in [1.29, 1.82) is 0 Å². The topological polar surface area (TPSA) is 18.5 Å². The van der Waals surface area contributed by atoms with Crippen molar-refractivity contribution in [3.8, 4) is 0 Å². The summed E-state index contributed by atoms with van der Waals surface area (Å²) >= 11 is 3.62. The zero-order valence-electron chi connectivity index (χ0n) is 12.9. The molecule has 1 atom stereocenters. The van der Waals surface area contributed by atoms with Gasteiger partial charge in [-0.05, 0) is 56.1 Å². The molecule has 1 N–H and O–H groups in total. The largest absolute Gasteiger partial charge is 0.370 e. The van der Waals surface area contributed by atoms with Gasteiger partial charge in [-0.25, -0.2) is 0 Å². The van der Waals surface area contributed by atoms with Gasteiger partial charge in [-0.1, -0.05) is 22.9 Å². The second-order valence-corrected chi connectivity index (χ2v) is 7.10. The third kappa shape index (κ3) is 3.61. The predicted octanol–water partition coefficient (Wildman–Crippen LogP) is 3.23. The first-order chi connectivity index (χ1) is 10.3. The summed E-state index contributed by atoms with van der Waals surface area (Å²) in [5.41, 5.74) is 2.84. The lowest BCUT2D eigenvalue weighted by atomic mass is 10.1. The number of benzene rings is 1. The molecule has 3 rings (SSSR count). The summed E-state index contributed by atoms with van der Waals surface area (Å²) in [6.45, 7) is 9.11. The van der Waals surface area contributed by atoms with Crippen LogP contribution in [0.15, 0.2) is 22.7 Å². The molecule has 1 aromatic rings. The molecule has 1 unspecified atom stereocenters. The van der Waals surface area contributed by atoms with E-state index in [-0.39, 0.29) is 0 Å². The first-order valence-electron chi connectivity index (χ1n) is 8.26. The first-order valence-corrected chi connectivity index (χ1v) is 9.05. The van der Waals surface area contributed by atoms with E-state index in [4.69, 9.17) is 0 Å². The van der Waals surface area contributed by atoms with E-state index in [1.54, 1.807) is 0 Å². The van der Waals surface area contributed by atoms with Gasteiger partial charge in [0.1, 0.15) is 0 Å². The third-order valence-corrected chi connectivity index (χ3v) is 5.24. The molecule has 116 valence electrons. The van der Waals surface area contributed by atoms with Gasteiger partial charge in [-0.2, -0.15) is 0 Å². The molecule has 0 aliphatic carbocycles. The molecule has 2 saturated heterocycles. The number of nitrogens with one attached hydrogen (secondary N) is 1. The Labute approximate surface area is 136 Å². The quantitative estimate of drug-likeness (QED) is 0.898. The Morgan fingerprint density at radius 1 is 1.24 bits per heavy atom. The van der Waals surface area contributed by atoms with Crippen molar-refractivity contribution in [2.75, 3.05) is 37.6 Å². The zero-order valence-corrected chi connectivity index (χ0v) is 14.5. The van der Waals surface area contributed by atoms with Crippen molar-refractivity contribution in [2.24, 2.45) is 0 Å². The van der Waals surface area contributed by atoms with E-state index in [0.29, 0.717) is 0 Å². The van der Waals surface area contributed by atoms with Crippen LogP contribution in [0.3, 0.4) is 0 Å². The molecule has 2 fully saturated rings. The molecule has 1 aromatic carbocycles. The second kappa shape index (κ2) is 7.12. The lowest BCUT2D eigenvalue weighted by molar-refractivity contribution is 0.273. The molecule has 21 heavy (non-hydrogen) atoms. The van der Waals surface area contributed by atoms with Crippen molar-refractivity contribution in [3.05, 3.63) is 28.2 Å². The van der Waals surface area contributed by atoms with E-state index < -0.39 is 0 Å². The van der Waals surface area contributed by atoms with Gasteiger partial charge in [0.05, 0.1) is 0 Å². The summed E-state index contributed by atoms with van der Waals surface area (Å²) in [6.07, 6.45) is 4.03. The van der Waals surface area contributed by atoms with Crippen molar-refractivity contribution in [1.82, 2.24) is 10.2 Å². The highest BCUT2D eigenvalue weighted by Gasteiger charge is 2.29. The number of hydrogen-bond donors (Lipinski definition) is 1. The number of nitrogens with zero attached hydrogens (tertiary/aromatic N) is 2. The molecule has 2 heterocycles. The Kier molecular flexibility index (Phi) is 5.19. The fourth-order valence-electron chi connectivity index (χ4n) is 3.69. The first kappa shape index (κ1) is 15.3. The van der Waals surface area contributed by atoms with Crippen LogP contribution in [0.4, 0.5) is 5.69 Å². The summed E-state index contributed by atoms with van der Waals surface area (Å²) in [5, 5.41) is 3.48. The van der Waals surface area contributed by atoms with Gasteiger partial charge in [-0.3, -0.25) is 4.90 Å². The minimum atomic E-state index is 0.767. The van der Waals surface area contributed by atoms with Crippen LogP contribution >= 0.6 is 15.9 Å². The minimum absolute atomic E-state index is 0.767. The van der Waals surface area contributed by atoms with Gasteiger partial charge >= 0.3 is 0 Å². The number of rotatable bonds is 4. The Morgan fingerprint density at radius 3 is 2.95 bits per heavy atom. The van der Waals surface area contributed by atoms with E-state index in [2.05, 4.69) is 56.2 Å². The van der Waals surface area contributed by atoms with Crippen molar-refractivity contribution in [2.45, 2.75) is 38.8 Å². The Morgan fingerprint density at radius 2 is 2.10 bits per heavy atom. The molecule has 2 aliphatic rings. The highest BCUT2D eigenvalue weighted by atomic mass is 79.9. The SMILES string of the molecule is CCNCc1cc(Br)ccc1N1CCCN2CCCC2C1. The van der Waals surface area contributed by atoms with Gasteiger partial charge in [0, 0.05) is 42.4 Å². The molecule has 0 amide bonds. The molecule has 2 aliphatic heterocycles. The van der Waals surface area contributed by atoms with Crippen LogP contribution in [0.25, 0.3) is 0 Å². The maximum atomic E-state index is 3.62. The molecule has 0 aromatic heterocycles. The van der Waals surface area contributed by atoms with Crippen LogP contribution in [0.1, 0.15) is 31.7 Å². The van der Waals surface area contributed by atoms with E-state index in [1.165, 1.54) is 61.2 Å². The highest BCUT2D eigenvalue weighted by molar-refractivity contribution is 9.10. The van der Waals surface area contributed by atoms with Gasteiger partial charge in [0.2, 0.25) is 0 Å². The second-order valence-electron chi connectivity index (χ2n) is 6.18. The van der Waals surface area contributed by atoms with Crippen LogP contribution in [0, 0.1) is 0 Å². The van der Waals surface area contributed by atoms with E-state index in [0.717, 1.165) is 19.1 Å². The van der Waals surface area contributed by atoms with E-state index >= 15 is 0 Å². The van der Waals surface area contributed by atoms with Crippen molar-refractivity contribution < 1.29 is 0 Å². The molecule has 4 heteroatoms. The molecule has 0 radical (unpaired) electrons. The number of anilines is 1. The maximum absolute atomic E-state index is 3.62. The summed E-state index contributed by atoms with van der Waals surface area (Å²) in [4.78, 5) is 5.32. The standard InChI is InChI=1S/C17H26BrN3/c1-2-19-12-14-11-15(18)6-7-17(14)21-10-4-9-20-8-3-5-16(20)13-21/h6-7,11,16,19H,2-5,8-10,12-13H2,1H3. The average molecular weight is 352 g/mol. The van der Waals surface area contributed by atoms with Gasteiger partial charge in [0.15, 0.2) is 0 Å². The van der Waals surface area contributed by atoms with E-state index in [1.807, 2.05) is 0 Å². The van der Waals surface area contributed by atoms with Gasteiger partial charge in [0.25, 0.3) is 0 Å². The van der Waals surface area contributed by atoms with Crippen LogP contribution in [0.5, 0.6) is 0 Å². The number of halogens is 1. The van der Waals surface area contributed by atoms with Crippen LogP contribution < -0.4 is 10.2 Å². The summed E-state index contributed by atoms with van der Waals surface area (Å²) in [7, 11) is 0. The lowest BCUT2D eigenvalue weighted by Crippen LogP contribution is -2.37.